The minimum Gasteiger partial charge on any atom is -0.411 e. The highest BCUT2D eigenvalue weighted by Gasteiger charge is 2.26. The van der Waals surface area contributed by atoms with Crippen molar-refractivity contribution in [1.82, 2.24) is 0 Å². The van der Waals surface area contributed by atoms with Gasteiger partial charge in [0.1, 0.15) is 0 Å². The van der Waals surface area contributed by atoms with Crippen LogP contribution in [0.25, 0.3) is 5.57 Å². The molecule has 0 aliphatic carbocycles. The fourth-order valence-electron chi connectivity index (χ4n) is 2.97. The van der Waals surface area contributed by atoms with Crippen molar-refractivity contribution in [2.45, 2.75) is 46.1 Å². The summed E-state index contributed by atoms with van der Waals surface area (Å²) < 4.78 is 6.16. The molecule has 0 aliphatic rings. The molecule has 0 aromatic heterocycles. The maximum atomic E-state index is 6.16. The van der Waals surface area contributed by atoms with Gasteiger partial charge in [-0.2, -0.15) is 0 Å². The topological polar surface area (TPSA) is 9.23 Å². The zero-order valence-electron chi connectivity index (χ0n) is 15.9. The molecule has 0 radical (unpaired) electrons. The zero-order chi connectivity index (χ0) is 17.9. The number of rotatable bonds is 6. The van der Waals surface area contributed by atoms with Gasteiger partial charge in [-0.1, -0.05) is 73.4 Å². The standard InChI is InChI=1S/C21H30OSi2/c1-16(2)22-24(6,7)21-14-10-19(11-15-21)17(3)18-8-12-20(13-9-18)23(4)5/h8-16,23H,3H2,1-2,4-7H3. The molecule has 2 aromatic carbocycles. The Morgan fingerprint density at radius 1 is 0.917 bits per heavy atom. The van der Waals surface area contributed by atoms with Crippen molar-refractivity contribution >= 4 is 33.1 Å². The van der Waals surface area contributed by atoms with Crippen LogP contribution in [0.5, 0.6) is 0 Å². The summed E-state index contributed by atoms with van der Waals surface area (Å²) >= 11 is 0. The number of hydrogen-bond acceptors (Lipinski definition) is 1. The zero-order valence-corrected chi connectivity index (χ0v) is 18.0. The first-order chi connectivity index (χ1) is 11.2. The summed E-state index contributed by atoms with van der Waals surface area (Å²) in [6, 6.07) is 17.7. The monoisotopic (exact) mass is 354 g/mol. The van der Waals surface area contributed by atoms with E-state index in [4.69, 9.17) is 4.43 Å². The van der Waals surface area contributed by atoms with Crippen molar-refractivity contribution < 1.29 is 4.43 Å². The van der Waals surface area contributed by atoms with Crippen molar-refractivity contribution in [3.05, 3.63) is 66.2 Å². The first-order valence-electron chi connectivity index (χ1n) is 8.78. The summed E-state index contributed by atoms with van der Waals surface area (Å²) in [5.74, 6) is 0. The van der Waals surface area contributed by atoms with Crippen molar-refractivity contribution in [3.63, 3.8) is 0 Å². The van der Waals surface area contributed by atoms with Crippen LogP contribution >= 0.6 is 0 Å². The fourth-order valence-corrected chi connectivity index (χ4v) is 6.21. The van der Waals surface area contributed by atoms with E-state index in [1.807, 2.05) is 0 Å². The van der Waals surface area contributed by atoms with Crippen LogP contribution in [0.1, 0.15) is 25.0 Å². The molecular formula is C21H30OSi2. The largest absolute Gasteiger partial charge is 0.411 e. The van der Waals surface area contributed by atoms with E-state index in [1.165, 1.54) is 21.5 Å². The number of benzene rings is 2. The highest BCUT2D eigenvalue weighted by molar-refractivity contribution is 6.84. The normalized spacial score (nSPS) is 12.0. The van der Waals surface area contributed by atoms with Crippen LogP contribution in [0.3, 0.4) is 0 Å². The van der Waals surface area contributed by atoms with Crippen LogP contribution in [-0.2, 0) is 4.43 Å². The van der Waals surface area contributed by atoms with E-state index in [1.54, 1.807) is 0 Å². The highest BCUT2D eigenvalue weighted by atomic mass is 28.4. The molecule has 0 fully saturated rings. The molecule has 0 unspecified atom stereocenters. The maximum absolute atomic E-state index is 6.16. The Balaban J connectivity index is 2.19. The van der Waals surface area contributed by atoms with Crippen LogP contribution < -0.4 is 10.4 Å². The molecule has 0 saturated carbocycles. The molecule has 0 heterocycles. The molecule has 3 heteroatoms. The maximum Gasteiger partial charge on any atom is 0.218 e. The molecule has 24 heavy (non-hydrogen) atoms. The second-order valence-electron chi connectivity index (χ2n) is 7.51. The Hall–Kier alpha value is -1.43. The van der Waals surface area contributed by atoms with Gasteiger partial charge in [-0.15, -0.1) is 0 Å². The Morgan fingerprint density at radius 2 is 1.38 bits per heavy atom. The average molecular weight is 355 g/mol. The predicted octanol–water partition coefficient (Wildman–Crippen LogP) is 4.28. The van der Waals surface area contributed by atoms with Gasteiger partial charge in [0.2, 0.25) is 8.32 Å². The lowest BCUT2D eigenvalue weighted by Crippen LogP contribution is -2.46. The quantitative estimate of drug-likeness (QED) is 0.704. The Morgan fingerprint density at radius 3 is 1.79 bits per heavy atom. The fraction of sp³-hybridized carbons (Fsp3) is 0.333. The molecule has 128 valence electrons. The molecule has 0 aliphatic heterocycles. The van der Waals surface area contributed by atoms with Crippen molar-refractivity contribution in [1.29, 1.82) is 0 Å². The summed E-state index contributed by atoms with van der Waals surface area (Å²) in [4.78, 5) is 0. The third kappa shape index (κ3) is 4.56. The molecule has 0 amide bonds. The van der Waals surface area contributed by atoms with Gasteiger partial charge in [-0.3, -0.25) is 0 Å². The summed E-state index contributed by atoms with van der Waals surface area (Å²) in [5, 5.41) is 2.83. The second kappa shape index (κ2) is 7.64. The van der Waals surface area contributed by atoms with E-state index in [-0.39, 0.29) is 6.10 Å². The molecular weight excluding hydrogens is 324 g/mol. The molecule has 0 N–H and O–H groups in total. The van der Waals surface area contributed by atoms with E-state index in [2.05, 4.69) is 95.1 Å². The van der Waals surface area contributed by atoms with Gasteiger partial charge in [0.15, 0.2) is 0 Å². The molecule has 0 spiro atoms. The van der Waals surface area contributed by atoms with Crippen LogP contribution in [0.15, 0.2) is 55.1 Å². The van der Waals surface area contributed by atoms with Gasteiger partial charge < -0.3 is 4.43 Å². The first-order valence-corrected chi connectivity index (χ1v) is 14.6. The lowest BCUT2D eigenvalue weighted by Gasteiger charge is -2.26. The molecule has 0 saturated heterocycles. The summed E-state index contributed by atoms with van der Waals surface area (Å²) in [5.41, 5.74) is 3.47. The minimum atomic E-state index is -1.82. The van der Waals surface area contributed by atoms with Gasteiger partial charge >= 0.3 is 0 Å². The molecule has 2 rings (SSSR count). The first kappa shape index (κ1) is 18.9. The molecule has 2 aromatic rings. The van der Waals surface area contributed by atoms with Crippen molar-refractivity contribution in [3.8, 4) is 0 Å². The van der Waals surface area contributed by atoms with Gasteiger partial charge in [0.25, 0.3) is 0 Å². The average Bonchev–Trinajstić information content (AvgIpc) is 2.53. The van der Waals surface area contributed by atoms with Gasteiger partial charge in [0, 0.05) is 6.10 Å². The summed E-state index contributed by atoms with van der Waals surface area (Å²) in [7, 11) is -2.56. The van der Waals surface area contributed by atoms with Gasteiger partial charge in [-0.25, -0.2) is 0 Å². The lowest BCUT2D eigenvalue weighted by molar-refractivity contribution is 0.238. The van der Waals surface area contributed by atoms with E-state index < -0.39 is 17.1 Å². The van der Waals surface area contributed by atoms with Crippen LogP contribution in [0.4, 0.5) is 0 Å². The van der Waals surface area contributed by atoms with E-state index >= 15 is 0 Å². The smallest absolute Gasteiger partial charge is 0.218 e. The van der Waals surface area contributed by atoms with E-state index in [0.717, 1.165) is 5.57 Å². The predicted molar refractivity (Wildman–Crippen MR) is 113 cm³/mol. The highest BCUT2D eigenvalue weighted by Crippen LogP contribution is 2.21. The second-order valence-corrected chi connectivity index (χ2v) is 14.3. The van der Waals surface area contributed by atoms with E-state index in [9.17, 15) is 0 Å². The van der Waals surface area contributed by atoms with Crippen molar-refractivity contribution in [2.75, 3.05) is 0 Å². The SMILES string of the molecule is C=C(c1ccc([SiH](C)C)cc1)c1ccc([Si](C)(C)OC(C)C)cc1. The molecule has 1 nitrogen and oxygen atoms in total. The summed E-state index contributed by atoms with van der Waals surface area (Å²) in [6.07, 6.45) is 0.268. The van der Waals surface area contributed by atoms with Gasteiger partial charge in [-0.05, 0) is 48.8 Å². The van der Waals surface area contributed by atoms with Crippen LogP contribution in [0.2, 0.25) is 26.2 Å². The third-order valence-corrected chi connectivity index (χ3v) is 8.89. The summed E-state index contributed by atoms with van der Waals surface area (Å²) in [6.45, 7) is 17.7. The molecule has 0 atom stereocenters. The minimum absolute atomic E-state index is 0.268. The number of hydrogen-bond donors (Lipinski definition) is 0. The van der Waals surface area contributed by atoms with Crippen LogP contribution in [0, 0.1) is 0 Å². The van der Waals surface area contributed by atoms with Crippen molar-refractivity contribution in [2.24, 2.45) is 0 Å². The van der Waals surface area contributed by atoms with E-state index in [0.29, 0.717) is 0 Å². The Bertz CT molecular complexity index is 683. The Kier molecular flexibility index (Phi) is 6.02. The Labute approximate surface area is 150 Å². The molecule has 0 bridgehead atoms. The van der Waals surface area contributed by atoms with Crippen LogP contribution in [-0.4, -0.2) is 23.2 Å². The van der Waals surface area contributed by atoms with Gasteiger partial charge in [0.05, 0.1) is 8.80 Å². The third-order valence-electron chi connectivity index (χ3n) is 4.38. The lowest BCUT2D eigenvalue weighted by atomic mass is 10.00.